The fourth-order valence-electron chi connectivity index (χ4n) is 2.95. The number of aryl methyl sites for hydroxylation is 2. The minimum atomic E-state index is 0.0894. The molecule has 2 heteroatoms. The summed E-state index contributed by atoms with van der Waals surface area (Å²) in [6.45, 7) is 5.94. The van der Waals surface area contributed by atoms with Crippen LogP contribution in [0.2, 0.25) is 0 Å². The van der Waals surface area contributed by atoms with Crippen molar-refractivity contribution in [1.29, 1.82) is 0 Å². The summed E-state index contributed by atoms with van der Waals surface area (Å²) in [4.78, 5) is 11.4. The quantitative estimate of drug-likeness (QED) is 0.491. The SMILES string of the molecule is CCCCCc1cc(C)c(-c2ccc(C(C)=O)cc2)c(OC)c1. The van der Waals surface area contributed by atoms with Crippen LogP contribution in [-0.4, -0.2) is 12.9 Å². The van der Waals surface area contributed by atoms with E-state index >= 15 is 0 Å². The maximum atomic E-state index is 11.4. The van der Waals surface area contributed by atoms with Gasteiger partial charge in [0.25, 0.3) is 0 Å². The van der Waals surface area contributed by atoms with Crippen LogP contribution in [0.4, 0.5) is 0 Å². The zero-order chi connectivity index (χ0) is 16.8. The third kappa shape index (κ3) is 4.22. The summed E-state index contributed by atoms with van der Waals surface area (Å²) in [6, 6.07) is 12.2. The van der Waals surface area contributed by atoms with Gasteiger partial charge in [0, 0.05) is 11.1 Å². The maximum absolute atomic E-state index is 11.4. The molecule has 0 aliphatic rings. The lowest BCUT2D eigenvalue weighted by Crippen LogP contribution is -1.96. The first-order valence-corrected chi connectivity index (χ1v) is 8.35. The Morgan fingerprint density at radius 2 is 1.78 bits per heavy atom. The number of hydrogen-bond donors (Lipinski definition) is 0. The Hall–Kier alpha value is -2.09. The van der Waals surface area contributed by atoms with Crippen molar-refractivity contribution in [3.05, 3.63) is 53.1 Å². The summed E-state index contributed by atoms with van der Waals surface area (Å²) < 4.78 is 5.64. The van der Waals surface area contributed by atoms with Crippen molar-refractivity contribution in [2.45, 2.75) is 46.5 Å². The second-order valence-corrected chi connectivity index (χ2v) is 6.08. The molecule has 0 radical (unpaired) electrons. The highest BCUT2D eigenvalue weighted by Crippen LogP contribution is 2.35. The minimum Gasteiger partial charge on any atom is -0.496 e. The first-order valence-electron chi connectivity index (χ1n) is 8.35. The predicted molar refractivity (Wildman–Crippen MR) is 96.4 cm³/mol. The van der Waals surface area contributed by atoms with Gasteiger partial charge in [-0.2, -0.15) is 0 Å². The minimum absolute atomic E-state index is 0.0894. The number of benzene rings is 2. The molecule has 0 aliphatic carbocycles. The lowest BCUT2D eigenvalue weighted by molar-refractivity contribution is 0.101. The van der Waals surface area contributed by atoms with Gasteiger partial charge >= 0.3 is 0 Å². The summed E-state index contributed by atoms with van der Waals surface area (Å²) in [7, 11) is 1.72. The number of ether oxygens (including phenoxy) is 1. The van der Waals surface area contributed by atoms with Gasteiger partial charge in [-0.05, 0) is 49.4 Å². The summed E-state index contributed by atoms with van der Waals surface area (Å²) in [5.41, 5.74) is 5.48. The number of Topliss-reactive ketones (excluding diaryl/α,β-unsaturated/α-hetero) is 1. The molecule has 0 aliphatic heterocycles. The van der Waals surface area contributed by atoms with Gasteiger partial charge in [0.05, 0.1) is 7.11 Å². The highest BCUT2D eigenvalue weighted by Gasteiger charge is 2.12. The van der Waals surface area contributed by atoms with Crippen LogP contribution in [0.15, 0.2) is 36.4 Å². The fourth-order valence-corrected chi connectivity index (χ4v) is 2.95. The Morgan fingerprint density at radius 1 is 1.09 bits per heavy atom. The molecule has 122 valence electrons. The molecule has 0 bridgehead atoms. The normalized spacial score (nSPS) is 10.6. The summed E-state index contributed by atoms with van der Waals surface area (Å²) in [5.74, 6) is 0.999. The zero-order valence-corrected chi connectivity index (χ0v) is 14.6. The Morgan fingerprint density at radius 3 is 2.35 bits per heavy atom. The van der Waals surface area contributed by atoms with Crippen molar-refractivity contribution in [2.75, 3.05) is 7.11 Å². The van der Waals surface area contributed by atoms with Gasteiger partial charge in [-0.3, -0.25) is 4.79 Å². The third-order valence-electron chi connectivity index (χ3n) is 4.23. The second kappa shape index (κ2) is 7.96. The summed E-state index contributed by atoms with van der Waals surface area (Å²) in [5, 5.41) is 0. The summed E-state index contributed by atoms with van der Waals surface area (Å²) >= 11 is 0. The first kappa shape index (κ1) is 17.3. The van der Waals surface area contributed by atoms with Crippen molar-refractivity contribution >= 4 is 5.78 Å². The molecule has 0 unspecified atom stereocenters. The van der Waals surface area contributed by atoms with Gasteiger partial charge in [0.1, 0.15) is 5.75 Å². The molecule has 2 rings (SSSR count). The van der Waals surface area contributed by atoms with Crippen LogP contribution in [0.25, 0.3) is 11.1 Å². The lowest BCUT2D eigenvalue weighted by Gasteiger charge is -2.15. The molecule has 0 saturated heterocycles. The number of methoxy groups -OCH3 is 1. The molecule has 0 atom stereocenters. The van der Waals surface area contributed by atoms with E-state index in [4.69, 9.17) is 4.74 Å². The van der Waals surface area contributed by atoms with Crippen LogP contribution in [0, 0.1) is 6.92 Å². The molecular formula is C21H26O2. The number of hydrogen-bond acceptors (Lipinski definition) is 2. The molecule has 2 aromatic rings. The number of ketones is 1. The van der Waals surface area contributed by atoms with Crippen LogP contribution in [0.1, 0.15) is 54.6 Å². The highest BCUT2D eigenvalue weighted by molar-refractivity contribution is 5.94. The zero-order valence-electron chi connectivity index (χ0n) is 14.6. The Labute approximate surface area is 139 Å². The number of unbranched alkanes of at least 4 members (excludes halogenated alkanes) is 2. The van der Waals surface area contributed by atoms with Gasteiger partial charge in [0.2, 0.25) is 0 Å². The highest BCUT2D eigenvalue weighted by atomic mass is 16.5. The van der Waals surface area contributed by atoms with E-state index in [2.05, 4.69) is 26.0 Å². The molecule has 2 nitrogen and oxygen atoms in total. The van der Waals surface area contributed by atoms with Crippen molar-refractivity contribution < 1.29 is 9.53 Å². The van der Waals surface area contributed by atoms with Crippen LogP contribution in [0.3, 0.4) is 0 Å². The number of carbonyl (C=O) groups excluding carboxylic acids is 1. The molecule has 0 heterocycles. The molecule has 23 heavy (non-hydrogen) atoms. The van der Waals surface area contributed by atoms with E-state index in [1.807, 2.05) is 24.3 Å². The predicted octanol–water partition coefficient (Wildman–Crippen LogP) is 5.61. The van der Waals surface area contributed by atoms with Crippen molar-refractivity contribution in [3.63, 3.8) is 0 Å². The summed E-state index contributed by atoms with van der Waals surface area (Å²) in [6.07, 6.45) is 4.80. The van der Waals surface area contributed by atoms with Crippen LogP contribution < -0.4 is 4.74 Å². The van der Waals surface area contributed by atoms with E-state index in [1.165, 1.54) is 30.4 Å². The molecule has 0 amide bonds. The average Bonchev–Trinajstić information content (AvgIpc) is 2.54. The van der Waals surface area contributed by atoms with E-state index < -0.39 is 0 Å². The number of rotatable bonds is 7. The molecule has 0 fully saturated rings. The van der Waals surface area contributed by atoms with Crippen LogP contribution >= 0.6 is 0 Å². The van der Waals surface area contributed by atoms with Crippen LogP contribution in [0.5, 0.6) is 5.75 Å². The van der Waals surface area contributed by atoms with Gasteiger partial charge in [-0.1, -0.05) is 50.1 Å². The van der Waals surface area contributed by atoms with Crippen molar-refractivity contribution in [3.8, 4) is 16.9 Å². The monoisotopic (exact) mass is 310 g/mol. The van der Waals surface area contributed by atoms with Crippen molar-refractivity contribution in [2.24, 2.45) is 0 Å². The van der Waals surface area contributed by atoms with E-state index in [0.717, 1.165) is 28.9 Å². The molecule has 0 spiro atoms. The smallest absolute Gasteiger partial charge is 0.159 e. The van der Waals surface area contributed by atoms with E-state index in [9.17, 15) is 4.79 Å². The van der Waals surface area contributed by atoms with E-state index in [1.54, 1.807) is 14.0 Å². The van der Waals surface area contributed by atoms with Gasteiger partial charge in [0.15, 0.2) is 5.78 Å². The van der Waals surface area contributed by atoms with Gasteiger partial charge in [-0.15, -0.1) is 0 Å². The molecule has 0 aromatic heterocycles. The van der Waals surface area contributed by atoms with Gasteiger partial charge < -0.3 is 4.74 Å². The van der Waals surface area contributed by atoms with Crippen molar-refractivity contribution in [1.82, 2.24) is 0 Å². The standard InChI is InChI=1S/C21H26O2/c1-5-6-7-8-17-13-15(2)21(20(14-17)23-4)19-11-9-18(10-12-19)16(3)22/h9-14H,5-8H2,1-4H3. The largest absolute Gasteiger partial charge is 0.496 e. The molecule has 2 aromatic carbocycles. The van der Waals surface area contributed by atoms with E-state index in [0.29, 0.717) is 0 Å². The van der Waals surface area contributed by atoms with E-state index in [-0.39, 0.29) is 5.78 Å². The lowest BCUT2D eigenvalue weighted by atomic mass is 9.94. The Balaban J connectivity index is 2.35. The van der Waals surface area contributed by atoms with Crippen LogP contribution in [-0.2, 0) is 6.42 Å². The topological polar surface area (TPSA) is 26.3 Å². The first-order chi connectivity index (χ1) is 11.1. The number of carbonyl (C=O) groups is 1. The third-order valence-corrected chi connectivity index (χ3v) is 4.23. The molecular weight excluding hydrogens is 284 g/mol. The Kier molecular flexibility index (Phi) is 5.97. The second-order valence-electron chi connectivity index (χ2n) is 6.08. The fraction of sp³-hybridized carbons (Fsp3) is 0.381. The Bertz CT molecular complexity index is 669. The average molecular weight is 310 g/mol. The molecule has 0 N–H and O–H groups in total. The maximum Gasteiger partial charge on any atom is 0.159 e. The molecule has 0 saturated carbocycles. The van der Waals surface area contributed by atoms with Gasteiger partial charge in [-0.25, -0.2) is 0 Å².